The van der Waals surface area contributed by atoms with Gasteiger partial charge in [0.05, 0.1) is 0 Å². The van der Waals surface area contributed by atoms with Gasteiger partial charge >= 0.3 is 0 Å². The SMILES string of the molecule is CCC[C@H](C)Cc1ccc(C)cc1. The summed E-state index contributed by atoms with van der Waals surface area (Å²) in [5.74, 6) is 0.827. The fourth-order valence-electron chi connectivity index (χ4n) is 1.72. The second-order valence-corrected chi connectivity index (χ2v) is 4.08. The molecule has 1 rings (SSSR count). The summed E-state index contributed by atoms with van der Waals surface area (Å²) in [4.78, 5) is 0. The first-order valence-corrected chi connectivity index (χ1v) is 5.28. The average molecular weight is 176 g/mol. The second-order valence-electron chi connectivity index (χ2n) is 4.08. The van der Waals surface area contributed by atoms with Crippen LogP contribution in [0, 0.1) is 12.8 Å². The Kier molecular flexibility index (Phi) is 4.01. The molecule has 0 saturated heterocycles. The van der Waals surface area contributed by atoms with Crippen molar-refractivity contribution in [3.8, 4) is 0 Å². The van der Waals surface area contributed by atoms with Crippen LogP contribution in [0.3, 0.4) is 0 Å². The standard InChI is InChI=1S/C13H20/c1-4-5-12(3)10-13-8-6-11(2)7-9-13/h6-9,12H,4-5,10H2,1-3H3/t12-/m0/s1. The summed E-state index contributed by atoms with van der Waals surface area (Å²) in [5.41, 5.74) is 2.83. The Morgan fingerprint density at radius 2 is 1.77 bits per heavy atom. The zero-order valence-electron chi connectivity index (χ0n) is 9.01. The van der Waals surface area contributed by atoms with Gasteiger partial charge in [0.1, 0.15) is 0 Å². The van der Waals surface area contributed by atoms with Crippen LogP contribution in [-0.2, 0) is 6.42 Å². The van der Waals surface area contributed by atoms with Gasteiger partial charge in [0.2, 0.25) is 0 Å². The Bertz CT molecular complexity index is 233. The van der Waals surface area contributed by atoms with Gasteiger partial charge in [-0.3, -0.25) is 0 Å². The van der Waals surface area contributed by atoms with Crippen LogP contribution < -0.4 is 0 Å². The van der Waals surface area contributed by atoms with Crippen molar-refractivity contribution in [1.82, 2.24) is 0 Å². The summed E-state index contributed by atoms with van der Waals surface area (Å²) in [7, 11) is 0. The lowest BCUT2D eigenvalue weighted by Gasteiger charge is -2.09. The van der Waals surface area contributed by atoms with Gasteiger partial charge in [-0.15, -0.1) is 0 Å². The van der Waals surface area contributed by atoms with E-state index in [1.165, 1.54) is 30.4 Å². The van der Waals surface area contributed by atoms with Gasteiger partial charge in [0.15, 0.2) is 0 Å². The number of hydrogen-bond acceptors (Lipinski definition) is 0. The maximum atomic E-state index is 2.34. The highest BCUT2D eigenvalue weighted by Crippen LogP contribution is 2.13. The summed E-state index contributed by atoms with van der Waals surface area (Å²) in [5, 5.41) is 0. The molecule has 0 bridgehead atoms. The van der Waals surface area contributed by atoms with Crippen LogP contribution in [0.15, 0.2) is 24.3 Å². The molecule has 13 heavy (non-hydrogen) atoms. The van der Waals surface area contributed by atoms with Crippen LogP contribution in [0.2, 0.25) is 0 Å². The molecule has 72 valence electrons. The van der Waals surface area contributed by atoms with Crippen molar-refractivity contribution in [2.45, 2.75) is 40.0 Å². The highest BCUT2D eigenvalue weighted by Gasteiger charge is 2.01. The normalized spacial score (nSPS) is 12.8. The minimum absolute atomic E-state index is 0.827. The molecular formula is C13H20. The molecule has 0 aliphatic heterocycles. The van der Waals surface area contributed by atoms with E-state index in [0.717, 1.165) is 5.92 Å². The van der Waals surface area contributed by atoms with Crippen molar-refractivity contribution in [3.63, 3.8) is 0 Å². The maximum Gasteiger partial charge on any atom is -0.0253 e. The Labute approximate surface area is 82.0 Å². The van der Waals surface area contributed by atoms with Crippen molar-refractivity contribution in [2.24, 2.45) is 5.92 Å². The van der Waals surface area contributed by atoms with Gasteiger partial charge in [-0.2, -0.15) is 0 Å². The summed E-state index contributed by atoms with van der Waals surface area (Å²) in [6, 6.07) is 8.91. The number of aryl methyl sites for hydroxylation is 1. The van der Waals surface area contributed by atoms with Crippen LogP contribution in [0.5, 0.6) is 0 Å². The van der Waals surface area contributed by atoms with Gasteiger partial charge in [-0.05, 0) is 24.8 Å². The number of rotatable bonds is 4. The molecule has 0 fully saturated rings. The van der Waals surface area contributed by atoms with E-state index in [0.29, 0.717) is 0 Å². The fourth-order valence-corrected chi connectivity index (χ4v) is 1.72. The van der Waals surface area contributed by atoms with Crippen LogP contribution in [0.25, 0.3) is 0 Å². The van der Waals surface area contributed by atoms with E-state index in [1.807, 2.05) is 0 Å². The third kappa shape index (κ3) is 3.63. The molecule has 0 unspecified atom stereocenters. The molecule has 0 aliphatic rings. The molecule has 0 heterocycles. The van der Waals surface area contributed by atoms with Gasteiger partial charge in [-0.25, -0.2) is 0 Å². The topological polar surface area (TPSA) is 0 Å². The molecular weight excluding hydrogens is 156 g/mol. The largest absolute Gasteiger partial charge is 0.0654 e. The highest BCUT2D eigenvalue weighted by atomic mass is 14.1. The molecule has 1 aromatic carbocycles. The zero-order valence-corrected chi connectivity index (χ0v) is 9.01. The van der Waals surface area contributed by atoms with Crippen LogP contribution in [-0.4, -0.2) is 0 Å². The average Bonchev–Trinajstić information content (AvgIpc) is 2.09. The molecule has 0 N–H and O–H groups in total. The van der Waals surface area contributed by atoms with E-state index < -0.39 is 0 Å². The van der Waals surface area contributed by atoms with Crippen molar-refractivity contribution >= 4 is 0 Å². The maximum absolute atomic E-state index is 2.34. The Morgan fingerprint density at radius 3 is 2.31 bits per heavy atom. The van der Waals surface area contributed by atoms with E-state index in [9.17, 15) is 0 Å². The van der Waals surface area contributed by atoms with E-state index in [1.54, 1.807) is 0 Å². The molecule has 0 aliphatic carbocycles. The predicted octanol–water partition coefficient (Wildman–Crippen LogP) is 3.97. The first-order chi connectivity index (χ1) is 6.22. The Morgan fingerprint density at radius 1 is 1.15 bits per heavy atom. The lowest BCUT2D eigenvalue weighted by molar-refractivity contribution is 0.522. The third-order valence-corrected chi connectivity index (χ3v) is 2.49. The van der Waals surface area contributed by atoms with Gasteiger partial charge in [0, 0.05) is 0 Å². The second kappa shape index (κ2) is 5.06. The van der Waals surface area contributed by atoms with Crippen molar-refractivity contribution in [2.75, 3.05) is 0 Å². The summed E-state index contributed by atoms with van der Waals surface area (Å²) in [6.45, 7) is 6.73. The molecule has 0 nitrogen and oxygen atoms in total. The molecule has 1 aromatic rings. The summed E-state index contributed by atoms with van der Waals surface area (Å²) >= 11 is 0. The molecule has 0 aromatic heterocycles. The molecule has 0 radical (unpaired) electrons. The van der Waals surface area contributed by atoms with Crippen LogP contribution in [0.4, 0.5) is 0 Å². The Balaban J connectivity index is 2.49. The molecule has 0 amide bonds. The first-order valence-electron chi connectivity index (χ1n) is 5.28. The third-order valence-electron chi connectivity index (χ3n) is 2.49. The fraction of sp³-hybridized carbons (Fsp3) is 0.538. The molecule has 1 atom stereocenters. The van der Waals surface area contributed by atoms with E-state index in [-0.39, 0.29) is 0 Å². The first kappa shape index (κ1) is 10.3. The van der Waals surface area contributed by atoms with Gasteiger partial charge in [0.25, 0.3) is 0 Å². The molecule has 0 heteroatoms. The van der Waals surface area contributed by atoms with Gasteiger partial charge < -0.3 is 0 Å². The summed E-state index contributed by atoms with van der Waals surface area (Å²) < 4.78 is 0. The number of hydrogen-bond donors (Lipinski definition) is 0. The number of benzene rings is 1. The predicted molar refractivity (Wildman–Crippen MR) is 59.0 cm³/mol. The van der Waals surface area contributed by atoms with E-state index >= 15 is 0 Å². The molecule has 0 saturated carbocycles. The van der Waals surface area contributed by atoms with Crippen LogP contribution >= 0.6 is 0 Å². The van der Waals surface area contributed by atoms with Crippen LogP contribution in [0.1, 0.15) is 37.8 Å². The Hall–Kier alpha value is -0.780. The smallest absolute Gasteiger partial charge is 0.0253 e. The minimum atomic E-state index is 0.827. The van der Waals surface area contributed by atoms with Crippen molar-refractivity contribution in [3.05, 3.63) is 35.4 Å². The van der Waals surface area contributed by atoms with Gasteiger partial charge in [-0.1, -0.05) is 56.5 Å². The minimum Gasteiger partial charge on any atom is -0.0654 e. The molecule has 0 spiro atoms. The lowest BCUT2D eigenvalue weighted by atomic mass is 9.96. The lowest BCUT2D eigenvalue weighted by Crippen LogP contribution is -1.98. The van der Waals surface area contributed by atoms with Crippen molar-refractivity contribution in [1.29, 1.82) is 0 Å². The summed E-state index contributed by atoms with van der Waals surface area (Å²) in [6.07, 6.45) is 3.87. The highest BCUT2D eigenvalue weighted by molar-refractivity contribution is 5.21. The quantitative estimate of drug-likeness (QED) is 0.651. The monoisotopic (exact) mass is 176 g/mol. The van der Waals surface area contributed by atoms with Crippen molar-refractivity contribution < 1.29 is 0 Å². The zero-order chi connectivity index (χ0) is 9.68. The van der Waals surface area contributed by atoms with E-state index in [2.05, 4.69) is 45.0 Å². The van der Waals surface area contributed by atoms with E-state index in [4.69, 9.17) is 0 Å².